The third kappa shape index (κ3) is 2.96. The molecule has 1 aromatic rings. The van der Waals surface area contributed by atoms with Gasteiger partial charge in [-0.05, 0) is 11.4 Å². The van der Waals surface area contributed by atoms with Crippen LogP contribution in [0.15, 0.2) is 17.5 Å². The molecule has 2 heterocycles. The monoisotopic (exact) mass is 306 g/mol. The SMILES string of the molecule is O=C(c1cccs1)N1CCN(C(=O)C(Cl)Cl)CC1. The van der Waals surface area contributed by atoms with E-state index in [1.807, 2.05) is 11.4 Å². The molecule has 7 heteroatoms. The van der Waals surface area contributed by atoms with E-state index in [0.29, 0.717) is 26.2 Å². The van der Waals surface area contributed by atoms with E-state index in [1.165, 1.54) is 11.3 Å². The summed E-state index contributed by atoms with van der Waals surface area (Å²) >= 11 is 12.5. The van der Waals surface area contributed by atoms with E-state index in [4.69, 9.17) is 23.2 Å². The predicted octanol–water partition coefficient (Wildman–Crippen LogP) is 1.84. The molecule has 1 aromatic heterocycles. The van der Waals surface area contributed by atoms with Crippen LogP contribution in [0, 0.1) is 0 Å². The van der Waals surface area contributed by atoms with Crippen LogP contribution in [-0.4, -0.2) is 52.6 Å². The van der Waals surface area contributed by atoms with Gasteiger partial charge in [0, 0.05) is 26.2 Å². The number of carbonyl (C=O) groups is 2. The smallest absolute Gasteiger partial charge is 0.264 e. The summed E-state index contributed by atoms with van der Waals surface area (Å²) in [5.41, 5.74) is 0. The molecule has 0 bridgehead atoms. The molecule has 0 unspecified atom stereocenters. The maximum atomic E-state index is 12.1. The lowest BCUT2D eigenvalue weighted by Gasteiger charge is -2.34. The van der Waals surface area contributed by atoms with Crippen LogP contribution in [0.25, 0.3) is 0 Å². The van der Waals surface area contributed by atoms with Crippen molar-refractivity contribution in [3.8, 4) is 0 Å². The molecule has 0 aromatic carbocycles. The fourth-order valence-corrected chi connectivity index (χ4v) is 2.79. The minimum absolute atomic E-state index is 0.0189. The number of hydrogen-bond donors (Lipinski definition) is 0. The number of hydrogen-bond acceptors (Lipinski definition) is 3. The number of piperazine rings is 1. The highest BCUT2D eigenvalue weighted by atomic mass is 35.5. The van der Waals surface area contributed by atoms with Gasteiger partial charge in [-0.15, -0.1) is 11.3 Å². The average Bonchev–Trinajstić information content (AvgIpc) is 2.91. The van der Waals surface area contributed by atoms with Crippen molar-refractivity contribution in [1.82, 2.24) is 9.80 Å². The summed E-state index contributed by atoms with van der Waals surface area (Å²) in [6.07, 6.45) is 0. The third-order valence-electron chi connectivity index (χ3n) is 2.80. The van der Waals surface area contributed by atoms with Gasteiger partial charge >= 0.3 is 0 Å². The largest absolute Gasteiger partial charge is 0.337 e. The number of carbonyl (C=O) groups excluding carboxylic acids is 2. The van der Waals surface area contributed by atoms with Gasteiger partial charge in [0.05, 0.1) is 4.88 Å². The number of thiophene rings is 1. The Hall–Kier alpha value is -0.780. The van der Waals surface area contributed by atoms with E-state index >= 15 is 0 Å². The zero-order valence-corrected chi connectivity index (χ0v) is 11.8. The number of halogens is 2. The van der Waals surface area contributed by atoms with Gasteiger partial charge in [0.2, 0.25) is 0 Å². The fourth-order valence-electron chi connectivity index (χ4n) is 1.82. The van der Waals surface area contributed by atoms with Crippen molar-refractivity contribution in [2.24, 2.45) is 0 Å². The zero-order valence-electron chi connectivity index (χ0n) is 9.51. The van der Waals surface area contributed by atoms with Crippen LogP contribution in [0.2, 0.25) is 0 Å². The van der Waals surface area contributed by atoms with Gasteiger partial charge in [-0.2, -0.15) is 0 Å². The minimum Gasteiger partial charge on any atom is -0.337 e. The molecule has 1 fully saturated rings. The van der Waals surface area contributed by atoms with Crippen molar-refractivity contribution in [3.63, 3.8) is 0 Å². The number of rotatable bonds is 2. The molecule has 0 spiro atoms. The Labute approximate surface area is 119 Å². The molecule has 0 saturated carbocycles. The molecule has 2 amide bonds. The van der Waals surface area contributed by atoms with Gasteiger partial charge in [0.15, 0.2) is 4.84 Å². The molecule has 0 N–H and O–H groups in total. The zero-order chi connectivity index (χ0) is 13.1. The Morgan fingerprint density at radius 1 is 1.17 bits per heavy atom. The lowest BCUT2D eigenvalue weighted by Crippen LogP contribution is -2.51. The molecule has 2 rings (SSSR count). The lowest BCUT2D eigenvalue weighted by molar-refractivity contribution is -0.130. The third-order valence-corrected chi connectivity index (χ3v) is 4.03. The van der Waals surface area contributed by atoms with Crippen molar-refractivity contribution in [2.45, 2.75) is 4.84 Å². The molecule has 1 saturated heterocycles. The first kappa shape index (κ1) is 13.6. The van der Waals surface area contributed by atoms with Crippen molar-refractivity contribution >= 4 is 46.4 Å². The highest BCUT2D eigenvalue weighted by molar-refractivity contribution is 7.12. The van der Waals surface area contributed by atoms with E-state index < -0.39 is 4.84 Å². The predicted molar refractivity (Wildman–Crippen MR) is 72.3 cm³/mol. The summed E-state index contributed by atoms with van der Waals surface area (Å²) in [6.45, 7) is 1.99. The molecule has 0 atom stereocenters. The topological polar surface area (TPSA) is 40.6 Å². The highest BCUT2D eigenvalue weighted by Gasteiger charge is 2.27. The highest BCUT2D eigenvalue weighted by Crippen LogP contribution is 2.15. The van der Waals surface area contributed by atoms with Crippen molar-refractivity contribution < 1.29 is 9.59 Å². The maximum absolute atomic E-state index is 12.1. The van der Waals surface area contributed by atoms with Crippen molar-refractivity contribution in [3.05, 3.63) is 22.4 Å². The van der Waals surface area contributed by atoms with Gasteiger partial charge in [0.1, 0.15) is 0 Å². The van der Waals surface area contributed by atoms with Gasteiger partial charge in [-0.1, -0.05) is 29.3 Å². The first-order chi connectivity index (χ1) is 8.59. The first-order valence-corrected chi connectivity index (χ1v) is 7.24. The van der Waals surface area contributed by atoms with E-state index in [0.717, 1.165) is 4.88 Å². The molecule has 0 aliphatic carbocycles. The van der Waals surface area contributed by atoms with E-state index in [1.54, 1.807) is 15.9 Å². The van der Waals surface area contributed by atoms with E-state index in [-0.39, 0.29) is 11.8 Å². The van der Waals surface area contributed by atoms with Crippen LogP contribution in [0.4, 0.5) is 0 Å². The summed E-state index contributed by atoms with van der Waals surface area (Å²) in [7, 11) is 0. The van der Waals surface area contributed by atoms with Gasteiger partial charge < -0.3 is 9.80 Å². The quantitative estimate of drug-likeness (QED) is 0.782. The number of amides is 2. The normalized spacial score (nSPS) is 16.2. The Kier molecular flexibility index (Phi) is 4.48. The second-order valence-corrected chi connectivity index (χ2v) is 5.94. The fraction of sp³-hybridized carbons (Fsp3) is 0.455. The van der Waals surface area contributed by atoms with Crippen LogP contribution < -0.4 is 0 Å². The van der Waals surface area contributed by atoms with Gasteiger partial charge in [-0.25, -0.2) is 0 Å². The molecule has 98 valence electrons. The van der Waals surface area contributed by atoms with Gasteiger partial charge in [0.25, 0.3) is 11.8 Å². The molecule has 0 radical (unpaired) electrons. The molecular formula is C11H12Cl2N2O2S. The number of alkyl halides is 2. The Balaban J connectivity index is 1.91. The van der Waals surface area contributed by atoms with Gasteiger partial charge in [-0.3, -0.25) is 9.59 Å². The standard InChI is InChI=1S/C11H12Cl2N2O2S/c12-9(13)11(17)15-5-3-14(4-6-15)10(16)8-2-1-7-18-8/h1-2,7,9H,3-6H2. The lowest BCUT2D eigenvalue weighted by atomic mass is 10.3. The van der Waals surface area contributed by atoms with Crippen LogP contribution in [0.3, 0.4) is 0 Å². The number of nitrogens with zero attached hydrogens (tertiary/aromatic N) is 2. The van der Waals surface area contributed by atoms with E-state index in [9.17, 15) is 9.59 Å². The maximum Gasteiger partial charge on any atom is 0.264 e. The van der Waals surface area contributed by atoms with Crippen molar-refractivity contribution in [2.75, 3.05) is 26.2 Å². The summed E-state index contributed by atoms with van der Waals surface area (Å²) < 4.78 is 0. The van der Waals surface area contributed by atoms with Crippen LogP contribution in [-0.2, 0) is 4.79 Å². The van der Waals surface area contributed by atoms with Crippen LogP contribution in [0.5, 0.6) is 0 Å². The molecule has 18 heavy (non-hydrogen) atoms. The summed E-state index contributed by atoms with van der Waals surface area (Å²) in [5, 5.41) is 1.87. The van der Waals surface area contributed by atoms with Crippen LogP contribution >= 0.6 is 34.5 Å². The minimum atomic E-state index is -1.02. The second-order valence-electron chi connectivity index (χ2n) is 3.90. The van der Waals surface area contributed by atoms with Crippen LogP contribution in [0.1, 0.15) is 9.67 Å². The summed E-state index contributed by atoms with van der Waals surface area (Å²) in [6, 6.07) is 3.65. The summed E-state index contributed by atoms with van der Waals surface area (Å²) in [5.74, 6) is -0.271. The Morgan fingerprint density at radius 3 is 2.28 bits per heavy atom. The first-order valence-electron chi connectivity index (χ1n) is 5.49. The second kappa shape index (κ2) is 5.91. The molecule has 4 nitrogen and oxygen atoms in total. The molecule has 1 aliphatic heterocycles. The molecule has 1 aliphatic rings. The molecular weight excluding hydrogens is 295 g/mol. The Bertz CT molecular complexity index is 428. The van der Waals surface area contributed by atoms with E-state index in [2.05, 4.69) is 0 Å². The Morgan fingerprint density at radius 2 is 1.78 bits per heavy atom. The van der Waals surface area contributed by atoms with Crippen molar-refractivity contribution in [1.29, 1.82) is 0 Å². The summed E-state index contributed by atoms with van der Waals surface area (Å²) in [4.78, 5) is 26.6. The average molecular weight is 307 g/mol.